The lowest BCUT2D eigenvalue weighted by Crippen LogP contribution is -2.37. The molecule has 1 fully saturated rings. The van der Waals surface area contributed by atoms with E-state index in [-0.39, 0.29) is 24.9 Å². The van der Waals surface area contributed by atoms with Crippen molar-refractivity contribution in [3.8, 4) is 0 Å². The van der Waals surface area contributed by atoms with Gasteiger partial charge in [-0.1, -0.05) is 35.9 Å². The summed E-state index contributed by atoms with van der Waals surface area (Å²) in [6.45, 7) is 4.61. The predicted molar refractivity (Wildman–Crippen MR) is 108 cm³/mol. The van der Waals surface area contributed by atoms with Crippen LogP contribution >= 0.6 is 0 Å². The van der Waals surface area contributed by atoms with Crippen molar-refractivity contribution >= 4 is 11.8 Å². The molecule has 2 atom stereocenters. The Morgan fingerprint density at radius 3 is 2.37 bits per heavy atom. The van der Waals surface area contributed by atoms with Crippen molar-refractivity contribution in [3.05, 3.63) is 70.8 Å². The van der Waals surface area contributed by atoms with Crippen molar-refractivity contribution in [1.82, 2.24) is 9.80 Å². The van der Waals surface area contributed by atoms with Crippen molar-refractivity contribution in [1.29, 1.82) is 0 Å². The van der Waals surface area contributed by atoms with Crippen LogP contribution in [-0.2, 0) is 11.0 Å². The highest BCUT2D eigenvalue weighted by Gasteiger charge is 2.42. The van der Waals surface area contributed by atoms with Crippen molar-refractivity contribution < 1.29 is 22.8 Å². The van der Waals surface area contributed by atoms with E-state index in [2.05, 4.69) is 0 Å². The number of halogens is 3. The third-order valence-electron chi connectivity index (χ3n) is 5.72. The fraction of sp³-hybridized carbons (Fsp3) is 0.391. The van der Waals surface area contributed by atoms with E-state index < -0.39 is 23.6 Å². The Hall–Kier alpha value is -2.83. The molecule has 0 saturated carbocycles. The standard InChI is InChI=1S/C23H25F3N2O2/c1-4-27(3)22(30)20-14-28(21(29)16-10-8-15(2)9-11-16)13-19(20)17-6-5-7-18(12-17)23(24,25)26/h5-12,19-20H,4,13-14H2,1-3H3/t19-,20-/m0/s1. The van der Waals surface area contributed by atoms with Crippen molar-refractivity contribution in [3.63, 3.8) is 0 Å². The number of hydrogen-bond acceptors (Lipinski definition) is 2. The topological polar surface area (TPSA) is 40.6 Å². The van der Waals surface area contributed by atoms with E-state index in [0.717, 1.165) is 17.7 Å². The Balaban J connectivity index is 1.94. The molecule has 1 aliphatic rings. The van der Waals surface area contributed by atoms with Crippen molar-refractivity contribution in [2.45, 2.75) is 25.9 Å². The van der Waals surface area contributed by atoms with E-state index in [9.17, 15) is 22.8 Å². The molecule has 3 rings (SSSR count). The van der Waals surface area contributed by atoms with Gasteiger partial charge in [0, 0.05) is 38.2 Å². The van der Waals surface area contributed by atoms with Gasteiger partial charge in [0.2, 0.25) is 5.91 Å². The number of nitrogens with zero attached hydrogens (tertiary/aromatic N) is 2. The third kappa shape index (κ3) is 4.50. The Labute approximate surface area is 174 Å². The molecule has 4 nitrogen and oxygen atoms in total. The quantitative estimate of drug-likeness (QED) is 0.741. The maximum atomic E-state index is 13.2. The molecule has 2 amide bonds. The zero-order chi connectivity index (χ0) is 22.1. The minimum Gasteiger partial charge on any atom is -0.346 e. The van der Waals surface area contributed by atoms with Crippen LogP contribution < -0.4 is 0 Å². The second kappa shape index (κ2) is 8.50. The summed E-state index contributed by atoms with van der Waals surface area (Å²) in [6, 6.07) is 12.2. The van der Waals surface area contributed by atoms with Gasteiger partial charge in [-0.25, -0.2) is 0 Å². The van der Waals surface area contributed by atoms with Crippen LogP contribution in [0.3, 0.4) is 0 Å². The minimum absolute atomic E-state index is 0.167. The van der Waals surface area contributed by atoms with Crippen LogP contribution in [0.25, 0.3) is 0 Å². The van der Waals surface area contributed by atoms with Gasteiger partial charge in [-0.05, 0) is 37.6 Å². The zero-order valence-corrected chi connectivity index (χ0v) is 17.2. The molecule has 0 radical (unpaired) electrons. The van der Waals surface area contributed by atoms with Gasteiger partial charge in [-0.3, -0.25) is 9.59 Å². The molecule has 160 valence electrons. The Kier molecular flexibility index (Phi) is 6.19. The highest BCUT2D eigenvalue weighted by atomic mass is 19.4. The average Bonchev–Trinajstić information content (AvgIpc) is 3.17. The molecule has 0 aromatic heterocycles. The molecule has 30 heavy (non-hydrogen) atoms. The highest BCUT2D eigenvalue weighted by Crippen LogP contribution is 2.37. The summed E-state index contributed by atoms with van der Waals surface area (Å²) in [7, 11) is 1.66. The van der Waals surface area contributed by atoms with Crippen LogP contribution in [0, 0.1) is 12.8 Å². The van der Waals surface area contributed by atoms with Crippen molar-refractivity contribution in [2.75, 3.05) is 26.7 Å². The maximum absolute atomic E-state index is 13.2. The predicted octanol–water partition coefficient (Wildman–Crippen LogP) is 4.35. The lowest BCUT2D eigenvalue weighted by Gasteiger charge is -2.23. The van der Waals surface area contributed by atoms with Gasteiger partial charge in [-0.2, -0.15) is 13.2 Å². The summed E-state index contributed by atoms with van der Waals surface area (Å²) < 4.78 is 39.6. The number of carbonyl (C=O) groups excluding carboxylic acids is 2. The number of likely N-dealkylation sites (tertiary alicyclic amines) is 1. The average molecular weight is 418 g/mol. The number of hydrogen-bond donors (Lipinski definition) is 0. The van der Waals surface area contributed by atoms with E-state index >= 15 is 0 Å². The molecule has 1 saturated heterocycles. The molecule has 1 heterocycles. The van der Waals surface area contributed by atoms with Crippen LogP contribution in [0.4, 0.5) is 13.2 Å². The first-order chi connectivity index (χ1) is 14.1. The van der Waals surface area contributed by atoms with Gasteiger partial charge in [0.1, 0.15) is 0 Å². The largest absolute Gasteiger partial charge is 0.416 e. The molecule has 0 bridgehead atoms. The van der Waals surface area contributed by atoms with Crippen molar-refractivity contribution in [2.24, 2.45) is 5.92 Å². The SMILES string of the molecule is CCN(C)C(=O)[C@H]1CN(C(=O)c2ccc(C)cc2)C[C@H]1c1cccc(C(F)(F)F)c1. The normalized spacial score (nSPS) is 19.1. The van der Waals surface area contributed by atoms with Crippen LogP contribution in [0.2, 0.25) is 0 Å². The number of amides is 2. The minimum atomic E-state index is -4.47. The van der Waals surface area contributed by atoms with Gasteiger partial charge >= 0.3 is 6.18 Å². The van der Waals surface area contributed by atoms with E-state index in [4.69, 9.17) is 0 Å². The van der Waals surface area contributed by atoms with E-state index in [1.165, 1.54) is 6.07 Å². The molecule has 2 aromatic rings. The molecular weight excluding hydrogens is 393 g/mol. The first-order valence-electron chi connectivity index (χ1n) is 9.90. The summed E-state index contributed by atoms with van der Waals surface area (Å²) in [5.74, 6) is -1.48. The summed E-state index contributed by atoms with van der Waals surface area (Å²) in [4.78, 5) is 29.1. The molecule has 0 spiro atoms. The second-order valence-electron chi connectivity index (χ2n) is 7.76. The first-order valence-corrected chi connectivity index (χ1v) is 9.90. The number of rotatable bonds is 4. The second-order valence-corrected chi connectivity index (χ2v) is 7.76. The molecule has 7 heteroatoms. The summed E-state index contributed by atoms with van der Waals surface area (Å²) in [6.07, 6.45) is -4.47. The Morgan fingerprint density at radius 1 is 1.10 bits per heavy atom. The smallest absolute Gasteiger partial charge is 0.346 e. The highest BCUT2D eigenvalue weighted by molar-refractivity contribution is 5.95. The molecule has 0 N–H and O–H groups in total. The van der Waals surface area contributed by atoms with Crippen LogP contribution in [-0.4, -0.2) is 48.3 Å². The van der Waals surface area contributed by atoms with Gasteiger partial charge in [0.25, 0.3) is 5.91 Å². The van der Waals surface area contributed by atoms with E-state index in [1.54, 1.807) is 35.0 Å². The lowest BCUT2D eigenvalue weighted by atomic mass is 9.87. The van der Waals surface area contributed by atoms with Gasteiger partial charge in [-0.15, -0.1) is 0 Å². The Bertz CT molecular complexity index is 925. The first kappa shape index (κ1) is 21.9. The lowest BCUT2D eigenvalue weighted by molar-refractivity contribution is -0.137. The molecule has 0 aliphatic carbocycles. The molecular formula is C23H25F3N2O2. The fourth-order valence-corrected chi connectivity index (χ4v) is 3.82. The maximum Gasteiger partial charge on any atom is 0.416 e. The van der Waals surface area contributed by atoms with Crippen LogP contribution in [0.15, 0.2) is 48.5 Å². The van der Waals surface area contributed by atoms with E-state index in [1.807, 2.05) is 26.0 Å². The third-order valence-corrected chi connectivity index (χ3v) is 5.72. The number of benzene rings is 2. The summed E-state index contributed by atoms with van der Waals surface area (Å²) in [5, 5.41) is 0. The molecule has 1 aliphatic heterocycles. The number of alkyl halides is 3. The van der Waals surface area contributed by atoms with Crippen LogP contribution in [0.5, 0.6) is 0 Å². The monoisotopic (exact) mass is 418 g/mol. The van der Waals surface area contributed by atoms with E-state index in [0.29, 0.717) is 17.7 Å². The van der Waals surface area contributed by atoms with Gasteiger partial charge < -0.3 is 9.80 Å². The Morgan fingerprint density at radius 2 is 1.77 bits per heavy atom. The number of carbonyl (C=O) groups is 2. The van der Waals surface area contributed by atoms with Gasteiger partial charge in [0.05, 0.1) is 11.5 Å². The summed E-state index contributed by atoms with van der Waals surface area (Å²) >= 11 is 0. The van der Waals surface area contributed by atoms with Gasteiger partial charge in [0.15, 0.2) is 0 Å². The molecule has 2 aromatic carbocycles. The summed E-state index contributed by atoms with van der Waals surface area (Å²) in [5.41, 5.74) is 1.19. The molecule has 0 unspecified atom stereocenters. The fourth-order valence-electron chi connectivity index (χ4n) is 3.82. The zero-order valence-electron chi connectivity index (χ0n) is 17.2. The number of aryl methyl sites for hydroxylation is 1. The van der Waals surface area contributed by atoms with Crippen LogP contribution in [0.1, 0.15) is 39.9 Å².